The number of nitrogens with zero attached hydrogens (tertiary/aromatic N) is 3. The molecule has 17 heavy (non-hydrogen) atoms. The van der Waals surface area contributed by atoms with Crippen LogP contribution in [0.2, 0.25) is 0 Å². The Morgan fingerprint density at radius 2 is 2.41 bits per heavy atom. The highest BCUT2D eigenvalue weighted by molar-refractivity contribution is 7.14. The molecule has 0 aliphatic carbocycles. The second-order valence-electron chi connectivity index (χ2n) is 3.48. The van der Waals surface area contributed by atoms with Gasteiger partial charge in [-0.15, -0.1) is 11.3 Å². The van der Waals surface area contributed by atoms with E-state index in [2.05, 4.69) is 15.4 Å². The maximum absolute atomic E-state index is 10.7. The number of aryl methyl sites for hydroxylation is 2. The maximum atomic E-state index is 10.7. The average Bonchev–Trinajstić information content (AvgIpc) is 2.86. The van der Waals surface area contributed by atoms with Crippen LogP contribution in [0, 0.1) is 0 Å². The largest absolute Gasteiger partial charge is 0.476 e. The van der Waals surface area contributed by atoms with E-state index in [4.69, 9.17) is 5.11 Å². The number of rotatable bonds is 4. The van der Waals surface area contributed by atoms with Crippen molar-refractivity contribution in [2.75, 3.05) is 5.32 Å². The van der Waals surface area contributed by atoms with Crippen molar-refractivity contribution >= 4 is 28.1 Å². The minimum atomic E-state index is -1.02. The Bertz CT molecular complexity index is 546. The van der Waals surface area contributed by atoms with E-state index in [0.717, 1.165) is 17.8 Å². The van der Waals surface area contributed by atoms with Crippen LogP contribution >= 0.6 is 11.3 Å². The van der Waals surface area contributed by atoms with Crippen LogP contribution in [-0.2, 0) is 13.5 Å². The molecule has 2 aromatic rings. The zero-order valence-electron chi connectivity index (χ0n) is 9.47. The number of hydrogen-bond donors (Lipinski definition) is 2. The zero-order chi connectivity index (χ0) is 12.4. The van der Waals surface area contributed by atoms with E-state index in [1.807, 2.05) is 20.2 Å². The van der Waals surface area contributed by atoms with E-state index in [-0.39, 0.29) is 5.69 Å². The van der Waals surface area contributed by atoms with Crippen LogP contribution in [0.3, 0.4) is 0 Å². The van der Waals surface area contributed by atoms with Crippen LogP contribution in [0.15, 0.2) is 11.6 Å². The Balaban J connectivity index is 2.21. The quantitative estimate of drug-likeness (QED) is 0.868. The molecule has 2 N–H and O–H groups in total. The van der Waals surface area contributed by atoms with Crippen molar-refractivity contribution in [3.05, 3.63) is 23.0 Å². The molecule has 0 saturated carbocycles. The van der Waals surface area contributed by atoms with Gasteiger partial charge in [-0.2, -0.15) is 5.10 Å². The number of aromatic carboxylic acids is 1. The first kappa shape index (κ1) is 11.6. The molecule has 0 aliphatic rings. The third-order valence-corrected chi connectivity index (χ3v) is 2.96. The number of aromatic nitrogens is 3. The second-order valence-corrected chi connectivity index (χ2v) is 4.34. The number of hydrogen-bond acceptors (Lipinski definition) is 5. The number of carboxylic acids is 1. The molecule has 0 unspecified atom stereocenters. The van der Waals surface area contributed by atoms with Gasteiger partial charge in [0.1, 0.15) is 0 Å². The molecule has 0 atom stereocenters. The molecule has 0 bridgehead atoms. The van der Waals surface area contributed by atoms with Crippen molar-refractivity contribution in [3.63, 3.8) is 0 Å². The average molecular weight is 252 g/mol. The molecule has 0 radical (unpaired) electrons. The topological polar surface area (TPSA) is 80.0 Å². The normalized spacial score (nSPS) is 10.5. The maximum Gasteiger partial charge on any atom is 0.355 e. The first-order chi connectivity index (χ1) is 8.10. The summed E-state index contributed by atoms with van der Waals surface area (Å²) in [7, 11) is 1.84. The van der Waals surface area contributed by atoms with E-state index in [0.29, 0.717) is 5.13 Å². The lowest BCUT2D eigenvalue weighted by Gasteiger charge is -1.99. The Kier molecular flexibility index (Phi) is 3.10. The first-order valence-electron chi connectivity index (χ1n) is 5.08. The molecule has 7 heteroatoms. The third-order valence-electron chi connectivity index (χ3n) is 2.21. The van der Waals surface area contributed by atoms with Gasteiger partial charge in [0.15, 0.2) is 10.8 Å². The lowest BCUT2D eigenvalue weighted by molar-refractivity contribution is 0.0691. The molecule has 0 saturated heterocycles. The fourth-order valence-corrected chi connectivity index (χ4v) is 2.14. The molecule has 0 spiro atoms. The molecule has 0 aliphatic heterocycles. The van der Waals surface area contributed by atoms with Gasteiger partial charge in [0.2, 0.25) is 0 Å². The fourth-order valence-electron chi connectivity index (χ4n) is 1.44. The first-order valence-corrected chi connectivity index (χ1v) is 5.96. The smallest absolute Gasteiger partial charge is 0.355 e. The standard InChI is InChI=1S/C10H12N4O2S/c1-3-6-7(4-14(2)13-6)11-10-12-8(5-17-10)9(15)16/h4-5H,3H2,1-2H3,(H,11,12)(H,15,16). The summed E-state index contributed by atoms with van der Waals surface area (Å²) in [5.41, 5.74) is 1.85. The molecule has 0 amide bonds. The molecule has 2 heterocycles. The predicted molar refractivity (Wildman–Crippen MR) is 64.9 cm³/mol. The van der Waals surface area contributed by atoms with Crippen LogP contribution in [0.25, 0.3) is 0 Å². The number of carboxylic acid groups (broad SMARTS) is 1. The summed E-state index contributed by atoms with van der Waals surface area (Å²) in [5.74, 6) is -1.02. The van der Waals surface area contributed by atoms with Gasteiger partial charge < -0.3 is 10.4 Å². The van der Waals surface area contributed by atoms with Gasteiger partial charge in [0, 0.05) is 18.6 Å². The SMILES string of the molecule is CCc1nn(C)cc1Nc1nc(C(=O)O)cs1. The molecule has 0 fully saturated rings. The summed E-state index contributed by atoms with van der Waals surface area (Å²) in [5, 5.41) is 18.2. The van der Waals surface area contributed by atoms with Crippen LogP contribution < -0.4 is 5.32 Å². The molecular weight excluding hydrogens is 240 g/mol. The van der Waals surface area contributed by atoms with Crippen LogP contribution in [0.1, 0.15) is 23.1 Å². The number of thiazole rings is 1. The number of anilines is 2. The van der Waals surface area contributed by atoms with Gasteiger partial charge in [-0.25, -0.2) is 9.78 Å². The highest BCUT2D eigenvalue weighted by atomic mass is 32.1. The number of carbonyl (C=O) groups is 1. The third kappa shape index (κ3) is 2.44. The minimum Gasteiger partial charge on any atom is -0.476 e. The van der Waals surface area contributed by atoms with Gasteiger partial charge in [-0.3, -0.25) is 4.68 Å². The lowest BCUT2D eigenvalue weighted by atomic mass is 10.3. The Morgan fingerprint density at radius 1 is 1.65 bits per heavy atom. The summed E-state index contributed by atoms with van der Waals surface area (Å²) in [6, 6.07) is 0. The summed E-state index contributed by atoms with van der Waals surface area (Å²) < 4.78 is 1.72. The Morgan fingerprint density at radius 3 is 3.00 bits per heavy atom. The lowest BCUT2D eigenvalue weighted by Crippen LogP contribution is -1.97. The van der Waals surface area contributed by atoms with Gasteiger partial charge in [-0.1, -0.05) is 6.92 Å². The molecule has 2 rings (SSSR count). The Labute approximate surface area is 102 Å². The van der Waals surface area contributed by atoms with E-state index >= 15 is 0 Å². The van der Waals surface area contributed by atoms with Gasteiger partial charge >= 0.3 is 5.97 Å². The van der Waals surface area contributed by atoms with Crippen molar-refractivity contribution in [1.29, 1.82) is 0 Å². The summed E-state index contributed by atoms with van der Waals surface area (Å²) in [6.07, 6.45) is 2.65. The Hall–Kier alpha value is -1.89. The van der Waals surface area contributed by atoms with Crippen molar-refractivity contribution in [3.8, 4) is 0 Å². The molecule has 90 valence electrons. The van der Waals surface area contributed by atoms with Crippen molar-refractivity contribution in [1.82, 2.24) is 14.8 Å². The summed E-state index contributed by atoms with van der Waals surface area (Å²) >= 11 is 1.26. The van der Waals surface area contributed by atoms with Crippen LogP contribution in [-0.4, -0.2) is 25.8 Å². The van der Waals surface area contributed by atoms with Gasteiger partial charge in [0.25, 0.3) is 0 Å². The van der Waals surface area contributed by atoms with E-state index in [1.54, 1.807) is 4.68 Å². The summed E-state index contributed by atoms with van der Waals surface area (Å²) in [4.78, 5) is 14.7. The molecule has 6 nitrogen and oxygen atoms in total. The van der Waals surface area contributed by atoms with E-state index < -0.39 is 5.97 Å². The van der Waals surface area contributed by atoms with Crippen molar-refractivity contribution in [2.45, 2.75) is 13.3 Å². The van der Waals surface area contributed by atoms with E-state index in [1.165, 1.54) is 16.7 Å². The van der Waals surface area contributed by atoms with Crippen molar-refractivity contribution < 1.29 is 9.90 Å². The highest BCUT2D eigenvalue weighted by Crippen LogP contribution is 2.23. The predicted octanol–water partition coefficient (Wildman–Crippen LogP) is 1.88. The van der Waals surface area contributed by atoms with Gasteiger partial charge in [0.05, 0.1) is 11.4 Å². The zero-order valence-corrected chi connectivity index (χ0v) is 10.3. The highest BCUT2D eigenvalue weighted by Gasteiger charge is 2.11. The summed E-state index contributed by atoms with van der Waals surface area (Å²) in [6.45, 7) is 2.01. The number of nitrogens with one attached hydrogen (secondary N) is 1. The fraction of sp³-hybridized carbons (Fsp3) is 0.300. The van der Waals surface area contributed by atoms with Crippen LogP contribution in [0.4, 0.5) is 10.8 Å². The molecule has 2 aromatic heterocycles. The van der Waals surface area contributed by atoms with Crippen molar-refractivity contribution in [2.24, 2.45) is 7.05 Å². The van der Waals surface area contributed by atoms with Gasteiger partial charge in [-0.05, 0) is 6.42 Å². The van der Waals surface area contributed by atoms with E-state index in [9.17, 15) is 4.79 Å². The second kappa shape index (κ2) is 4.54. The van der Waals surface area contributed by atoms with Crippen LogP contribution in [0.5, 0.6) is 0 Å². The molecular formula is C10H12N4O2S. The molecule has 0 aromatic carbocycles. The minimum absolute atomic E-state index is 0.0550. The monoisotopic (exact) mass is 252 g/mol.